The fourth-order valence-corrected chi connectivity index (χ4v) is 2.76. The maximum absolute atomic E-state index is 12.1. The first kappa shape index (κ1) is 19.3. The minimum atomic E-state index is -0.580. The summed E-state index contributed by atoms with van der Waals surface area (Å²) < 4.78 is 5.32. The summed E-state index contributed by atoms with van der Waals surface area (Å²) in [6.07, 6.45) is -0.454. The van der Waals surface area contributed by atoms with E-state index in [2.05, 4.69) is 0 Å². The summed E-state index contributed by atoms with van der Waals surface area (Å²) in [6.45, 7) is 9.75. The Balaban J connectivity index is 3.01. The summed E-state index contributed by atoms with van der Waals surface area (Å²) in [5.41, 5.74) is 0.181. The SMILES string of the molecule is CC(C)Sc1ccc([N+](=O)[O-])cc1CN(C)C(=O)OC(C)(C)C. The molecule has 1 aromatic rings. The van der Waals surface area contributed by atoms with Crippen LogP contribution in [0.15, 0.2) is 23.1 Å². The zero-order chi connectivity index (χ0) is 17.8. The molecule has 0 spiro atoms. The summed E-state index contributed by atoms with van der Waals surface area (Å²) in [5, 5.41) is 11.3. The van der Waals surface area contributed by atoms with Crippen LogP contribution < -0.4 is 0 Å². The Morgan fingerprint density at radius 1 is 1.39 bits per heavy atom. The Kier molecular flexibility index (Phi) is 6.44. The first-order valence-corrected chi connectivity index (χ1v) is 8.25. The number of hydrogen-bond donors (Lipinski definition) is 0. The number of nitro groups is 1. The molecule has 1 aromatic carbocycles. The smallest absolute Gasteiger partial charge is 0.410 e. The van der Waals surface area contributed by atoms with Crippen LogP contribution in [0.1, 0.15) is 40.2 Å². The van der Waals surface area contributed by atoms with Gasteiger partial charge in [0.2, 0.25) is 0 Å². The molecule has 0 unspecified atom stereocenters. The molecular formula is C16H24N2O4S. The van der Waals surface area contributed by atoms with Crippen LogP contribution in [0.2, 0.25) is 0 Å². The number of nitro benzene ring substituents is 1. The van der Waals surface area contributed by atoms with Gasteiger partial charge in [-0.15, -0.1) is 11.8 Å². The van der Waals surface area contributed by atoms with Crippen molar-refractivity contribution >= 4 is 23.5 Å². The molecular weight excluding hydrogens is 316 g/mol. The van der Waals surface area contributed by atoms with Crippen molar-refractivity contribution in [2.45, 2.75) is 56.9 Å². The number of carbonyl (C=O) groups excluding carboxylic acids is 1. The van der Waals surface area contributed by atoms with Crippen molar-refractivity contribution in [1.82, 2.24) is 4.90 Å². The van der Waals surface area contributed by atoms with Crippen LogP contribution >= 0.6 is 11.8 Å². The molecule has 1 rings (SSSR count). The van der Waals surface area contributed by atoms with Crippen molar-refractivity contribution in [2.24, 2.45) is 0 Å². The van der Waals surface area contributed by atoms with Gasteiger partial charge in [-0.3, -0.25) is 10.1 Å². The second-order valence-electron chi connectivity index (χ2n) is 6.55. The molecule has 0 aromatic heterocycles. The van der Waals surface area contributed by atoms with Crippen molar-refractivity contribution in [2.75, 3.05) is 7.05 Å². The zero-order valence-electron chi connectivity index (χ0n) is 14.5. The van der Waals surface area contributed by atoms with E-state index in [4.69, 9.17) is 4.74 Å². The van der Waals surface area contributed by atoms with E-state index >= 15 is 0 Å². The van der Waals surface area contributed by atoms with Crippen molar-refractivity contribution in [3.63, 3.8) is 0 Å². The highest BCUT2D eigenvalue weighted by atomic mass is 32.2. The van der Waals surface area contributed by atoms with E-state index < -0.39 is 16.6 Å². The third-order valence-corrected chi connectivity index (χ3v) is 3.85. The Hall–Kier alpha value is -1.76. The number of ether oxygens (including phenoxy) is 1. The fraction of sp³-hybridized carbons (Fsp3) is 0.562. The molecule has 0 N–H and O–H groups in total. The number of non-ortho nitro benzene ring substituents is 1. The summed E-state index contributed by atoms with van der Waals surface area (Å²) in [7, 11) is 1.62. The van der Waals surface area contributed by atoms with Crippen molar-refractivity contribution < 1.29 is 14.5 Å². The van der Waals surface area contributed by atoms with Gasteiger partial charge in [0.1, 0.15) is 5.60 Å². The molecule has 0 heterocycles. The minimum absolute atomic E-state index is 0.0192. The molecule has 7 heteroatoms. The lowest BCUT2D eigenvalue weighted by molar-refractivity contribution is -0.385. The largest absolute Gasteiger partial charge is 0.444 e. The van der Waals surface area contributed by atoms with Crippen molar-refractivity contribution in [3.8, 4) is 0 Å². The van der Waals surface area contributed by atoms with Gasteiger partial charge < -0.3 is 9.64 Å². The van der Waals surface area contributed by atoms with Gasteiger partial charge in [-0.05, 0) is 32.4 Å². The molecule has 1 amide bonds. The molecule has 0 saturated carbocycles. The Morgan fingerprint density at radius 2 is 2.00 bits per heavy atom. The molecule has 0 bridgehead atoms. The average Bonchev–Trinajstić information content (AvgIpc) is 2.37. The van der Waals surface area contributed by atoms with Crippen LogP contribution in [0, 0.1) is 10.1 Å². The molecule has 0 aliphatic heterocycles. The monoisotopic (exact) mass is 340 g/mol. The van der Waals surface area contributed by atoms with Gasteiger partial charge in [0.25, 0.3) is 5.69 Å². The van der Waals surface area contributed by atoms with E-state index in [1.807, 2.05) is 13.8 Å². The van der Waals surface area contributed by atoms with E-state index in [0.29, 0.717) is 5.25 Å². The third kappa shape index (κ3) is 6.48. The maximum Gasteiger partial charge on any atom is 0.410 e. The molecule has 128 valence electrons. The second kappa shape index (κ2) is 7.68. The van der Waals surface area contributed by atoms with Crippen LogP contribution in [-0.2, 0) is 11.3 Å². The summed E-state index contributed by atoms with van der Waals surface area (Å²) in [4.78, 5) is 25.0. The first-order chi connectivity index (χ1) is 10.5. The van der Waals surface area contributed by atoms with E-state index in [1.165, 1.54) is 17.0 Å². The summed E-state index contributed by atoms with van der Waals surface area (Å²) in [5.74, 6) is 0. The van der Waals surface area contributed by atoms with Crippen LogP contribution in [0.4, 0.5) is 10.5 Å². The van der Waals surface area contributed by atoms with E-state index in [9.17, 15) is 14.9 Å². The molecule has 0 aliphatic rings. The summed E-state index contributed by atoms with van der Waals surface area (Å²) in [6, 6.07) is 4.74. The van der Waals surface area contributed by atoms with Gasteiger partial charge >= 0.3 is 6.09 Å². The maximum atomic E-state index is 12.1. The Bertz CT molecular complexity index is 582. The van der Waals surface area contributed by atoms with Gasteiger partial charge in [0.05, 0.1) is 11.5 Å². The summed E-state index contributed by atoms with van der Waals surface area (Å²) >= 11 is 1.61. The third-order valence-electron chi connectivity index (χ3n) is 2.73. The van der Waals surface area contributed by atoms with Crippen LogP contribution in [-0.4, -0.2) is 33.8 Å². The Morgan fingerprint density at radius 3 is 2.48 bits per heavy atom. The van der Waals surface area contributed by atoms with E-state index in [-0.39, 0.29) is 12.2 Å². The number of carbonyl (C=O) groups is 1. The lowest BCUT2D eigenvalue weighted by atomic mass is 10.2. The molecule has 0 atom stereocenters. The lowest BCUT2D eigenvalue weighted by Gasteiger charge is -2.25. The molecule has 0 fully saturated rings. The van der Waals surface area contributed by atoms with E-state index in [0.717, 1.165) is 10.5 Å². The second-order valence-corrected chi connectivity index (χ2v) is 8.17. The molecule has 23 heavy (non-hydrogen) atoms. The Labute approximate surface area is 141 Å². The molecule has 0 saturated heterocycles. The minimum Gasteiger partial charge on any atom is -0.444 e. The lowest BCUT2D eigenvalue weighted by Crippen LogP contribution is -2.33. The topological polar surface area (TPSA) is 72.7 Å². The van der Waals surface area contributed by atoms with Crippen LogP contribution in [0.5, 0.6) is 0 Å². The number of rotatable bonds is 5. The number of amides is 1. The first-order valence-electron chi connectivity index (χ1n) is 7.37. The van der Waals surface area contributed by atoms with Crippen LogP contribution in [0.3, 0.4) is 0 Å². The van der Waals surface area contributed by atoms with Crippen molar-refractivity contribution in [1.29, 1.82) is 0 Å². The van der Waals surface area contributed by atoms with Gasteiger partial charge in [-0.25, -0.2) is 4.79 Å². The number of thioether (sulfide) groups is 1. The van der Waals surface area contributed by atoms with Gasteiger partial charge in [-0.1, -0.05) is 13.8 Å². The molecule has 0 radical (unpaired) electrons. The predicted octanol–water partition coefficient (Wildman–Crippen LogP) is 4.46. The van der Waals surface area contributed by atoms with Gasteiger partial charge in [0.15, 0.2) is 0 Å². The number of benzene rings is 1. The van der Waals surface area contributed by atoms with Gasteiger partial charge in [-0.2, -0.15) is 0 Å². The zero-order valence-corrected chi connectivity index (χ0v) is 15.3. The molecule has 6 nitrogen and oxygen atoms in total. The molecule has 0 aliphatic carbocycles. The standard InChI is InChI=1S/C16H24N2O4S/c1-11(2)23-14-8-7-13(18(20)21)9-12(14)10-17(6)15(19)22-16(3,4)5/h7-9,11H,10H2,1-6H3. The normalized spacial score (nSPS) is 11.4. The van der Waals surface area contributed by atoms with Crippen molar-refractivity contribution in [3.05, 3.63) is 33.9 Å². The van der Waals surface area contributed by atoms with Gasteiger partial charge in [0, 0.05) is 29.3 Å². The highest BCUT2D eigenvalue weighted by Gasteiger charge is 2.21. The predicted molar refractivity (Wildman–Crippen MR) is 91.8 cm³/mol. The number of nitrogens with zero attached hydrogens (tertiary/aromatic N) is 2. The van der Waals surface area contributed by atoms with Crippen LogP contribution in [0.25, 0.3) is 0 Å². The highest BCUT2D eigenvalue weighted by molar-refractivity contribution is 8.00. The number of hydrogen-bond acceptors (Lipinski definition) is 5. The highest BCUT2D eigenvalue weighted by Crippen LogP contribution is 2.30. The quantitative estimate of drug-likeness (QED) is 0.449. The average molecular weight is 340 g/mol. The van der Waals surface area contributed by atoms with E-state index in [1.54, 1.807) is 45.6 Å². The fourth-order valence-electron chi connectivity index (χ4n) is 1.83.